The van der Waals surface area contributed by atoms with Gasteiger partial charge in [0, 0.05) is 40.1 Å². The highest BCUT2D eigenvalue weighted by atomic mass is 16.5. The lowest BCUT2D eigenvalue weighted by Gasteiger charge is -2.20. The summed E-state index contributed by atoms with van der Waals surface area (Å²) < 4.78 is 10.1. The zero-order valence-electron chi connectivity index (χ0n) is 14.1. The molecule has 23 heavy (non-hydrogen) atoms. The molecule has 1 aromatic carbocycles. The number of hydrogen-bond donors (Lipinski definition) is 1. The maximum atomic E-state index is 11.9. The smallest absolute Gasteiger partial charge is 0.221 e. The van der Waals surface area contributed by atoms with Crippen molar-refractivity contribution < 1.29 is 19.1 Å². The molecule has 0 aliphatic carbocycles. The minimum atomic E-state index is -0.0587. The fourth-order valence-electron chi connectivity index (χ4n) is 2.13. The molecule has 0 spiro atoms. The molecule has 128 valence electrons. The van der Waals surface area contributed by atoms with Crippen LogP contribution in [-0.2, 0) is 20.7 Å². The number of benzene rings is 1. The number of nitrogens with zero attached hydrogens (tertiary/aromatic N) is 1. The third kappa shape index (κ3) is 7.65. The summed E-state index contributed by atoms with van der Waals surface area (Å²) in [6, 6.07) is 7.76. The molecule has 0 aromatic heterocycles. The lowest BCUT2D eigenvalue weighted by atomic mass is 10.1. The average Bonchev–Trinajstić information content (AvgIpc) is 2.54. The molecule has 6 heteroatoms. The number of ether oxygens (including phenoxy) is 2. The summed E-state index contributed by atoms with van der Waals surface area (Å²) in [5, 5.41) is 2.87. The molecule has 6 nitrogen and oxygen atoms in total. The fourth-order valence-corrected chi connectivity index (χ4v) is 2.13. The van der Waals surface area contributed by atoms with Crippen molar-refractivity contribution in [3.63, 3.8) is 0 Å². The monoisotopic (exact) mass is 322 g/mol. The standard InChI is InChI=1S/C17H26N2O4/c1-14(20)19(11-12-22-2)10-8-17(21)18-9-7-15-5-4-6-16(13-15)23-3/h4-6,13H,7-12H2,1-3H3,(H,18,21). The van der Waals surface area contributed by atoms with Gasteiger partial charge in [-0.3, -0.25) is 9.59 Å². The zero-order valence-corrected chi connectivity index (χ0v) is 14.1. The van der Waals surface area contributed by atoms with Gasteiger partial charge >= 0.3 is 0 Å². The second-order valence-electron chi connectivity index (χ2n) is 5.20. The molecule has 0 bridgehead atoms. The van der Waals surface area contributed by atoms with Gasteiger partial charge < -0.3 is 19.7 Å². The number of nitrogens with one attached hydrogen (secondary N) is 1. The average molecular weight is 322 g/mol. The van der Waals surface area contributed by atoms with Crippen molar-refractivity contribution in [3.05, 3.63) is 29.8 Å². The van der Waals surface area contributed by atoms with Crippen LogP contribution >= 0.6 is 0 Å². The van der Waals surface area contributed by atoms with Crippen LogP contribution < -0.4 is 10.1 Å². The molecule has 1 rings (SSSR count). The molecule has 1 aromatic rings. The predicted molar refractivity (Wildman–Crippen MR) is 88.5 cm³/mol. The quantitative estimate of drug-likeness (QED) is 0.704. The van der Waals surface area contributed by atoms with E-state index in [9.17, 15) is 9.59 Å². The number of methoxy groups -OCH3 is 2. The van der Waals surface area contributed by atoms with Crippen molar-refractivity contribution in [2.45, 2.75) is 19.8 Å². The highest BCUT2D eigenvalue weighted by Gasteiger charge is 2.10. The SMILES string of the molecule is COCCN(CCC(=O)NCCc1cccc(OC)c1)C(C)=O. The number of carbonyl (C=O) groups excluding carboxylic acids is 2. The summed E-state index contributed by atoms with van der Waals surface area (Å²) in [5.41, 5.74) is 1.11. The van der Waals surface area contributed by atoms with Gasteiger partial charge in [0.05, 0.1) is 13.7 Å². The van der Waals surface area contributed by atoms with Crippen molar-refractivity contribution in [3.8, 4) is 5.75 Å². The molecular formula is C17H26N2O4. The van der Waals surface area contributed by atoms with Crippen LogP contribution in [-0.4, -0.2) is 57.2 Å². The van der Waals surface area contributed by atoms with Gasteiger partial charge in [-0.25, -0.2) is 0 Å². The molecule has 0 saturated carbocycles. The molecule has 1 N–H and O–H groups in total. The molecular weight excluding hydrogens is 296 g/mol. The van der Waals surface area contributed by atoms with E-state index in [4.69, 9.17) is 9.47 Å². The van der Waals surface area contributed by atoms with E-state index >= 15 is 0 Å². The summed E-state index contributed by atoms with van der Waals surface area (Å²) in [4.78, 5) is 24.9. The normalized spacial score (nSPS) is 10.2. The van der Waals surface area contributed by atoms with Gasteiger partial charge in [0.25, 0.3) is 0 Å². The van der Waals surface area contributed by atoms with Crippen LogP contribution in [0.4, 0.5) is 0 Å². The van der Waals surface area contributed by atoms with Gasteiger partial charge in [-0.1, -0.05) is 12.1 Å². The summed E-state index contributed by atoms with van der Waals surface area (Å²) in [6.45, 7) is 3.43. The Kier molecular flexibility index (Phi) is 8.75. The number of rotatable bonds is 10. The molecule has 2 amide bonds. The Labute approximate surface area is 137 Å². The number of amides is 2. The molecule has 0 atom stereocenters. The van der Waals surface area contributed by atoms with Gasteiger partial charge in [0.1, 0.15) is 5.75 Å². The first-order valence-electron chi connectivity index (χ1n) is 7.71. The largest absolute Gasteiger partial charge is 0.497 e. The highest BCUT2D eigenvalue weighted by molar-refractivity contribution is 5.78. The van der Waals surface area contributed by atoms with Crippen LogP contribution in [0.3, 0.4) is 0 Å². The van der Waals surface area contributed by atoms with Crippen LogP contribution in [0.1, 0.15) is 18.9 Å². The summed E-state index contributed by atoms with van der Waals surface area (Å²) >= 11 is 0. The van der Waals surface area contributed by atoms with Crippen LogP contribution in [0, 0.1) is 0 Å². The topological polar surface area (TPSA) is 67.9 Å². The lowest BCUT2D eigenvalue weighted by Crippen LogP contribution is -2.36. The third-order valence-electron chi connectivity index (χ3n) is 3.49. The van der Waals surface area contributed by atoms with E-state index in [0.29, 0.717) is 32.7 Å². The van der Waals surface area contributed by atoms with Crippen molar-refractivity contribution in [1.29, 1.82) is 0 Å². The van der Waals surface area contributed by atoms with E-state index in [-0.39, 0.29) is 11.8 Å². The van der Waals surface area contributed by atoms with Gasteiger partial charge in [0.2, 0.25) is 11.8 Å². The Bertz CT molecular complexity index is 505. The maximum Gasteiger partial charge on any atom is 0.221 e. The zero-order chi connectivity index (χ0) is 17.1. The van der Waals surface area contributed by atoms with E-state index in [2.05, 4.69) is 5.32 Å². The Hall–Kier alpha value is -2.08. The number of carbonyl (C=O) groups is 2. The first-order chi connectivity index (χ1) is 11.1. The second kappa shape index (κ2) is 10.6. The van der Waals surface area contributed by atoms with Crippen molar-refractivity contribution in [2.24, 2.45) is 0 Å². The Balaban J connectivity index is 2.29. The van der Waals surface area contributed by atoms with Crippen molar-refractivity contribution >= 4 is 11.8 Å². The summed E-state index contributed by atoms with van der Waals surface area (Å²) in [5.74, 6) is 0.701. The van der Waals surface area contributed by atoms with E-state index in [1.54, 1.807) is 19.1 Å². The first kappa shape index (κ1) is 19.0. The Morgan fingerprint density at radius 3 is 2.65 bits per heavy atom. The second-order valence-corrected chi connectivity index (χ2v) is 5.20. The van der Waals surface area contributed by atoms with E-state index in [1.165, 1.54) is 6.92 Å². The molecule has 0 unspecified atom stereocenters. The molecule has 0 heterocycles. The van der Waals surface area contributed by atoms with Gasteiger partial charge in [-0.15, -0.1) is 0 Å². The van der Waals surface area contributed by atoms with Gasteiger partial charge in [0.15, 0.2) is 0 Å². The number of hydrogen-bond acceptors (Lipinski definition) is 4. The molecule has 0 aliphatic heterocycles. The van der Waals surface area contributed by atoms with Crippen LogP contribution in [0.2, 0.25) is 0 Å². The highest BCUT2D eigenvalue weighted by Crippen LogP contribution is 2.12. The van der Waals surface area contributed by atoms with Crippen LogP contribution in [0.15, 0.2) is 24.3 Å². The summed E-state index contributed by atoms with van der Waals surface area (Å²) in [7, 11) is 3.22. The molecule has 0 aliphatic rings. The first-order valence-corrected chi connectivity index (χ1v) is 7.71. The van der Waals surface area contributed by atoms with Crippen LogP contribution in [0.25, 0.3) is 0 Å². The van der Waals surface area contributed by atoms with E-state index in [1.807, 2.05) is 24.3 Å². The maximum absolute atomic E-state index is 11.9. The predicted octanol–water partition coefficient (Wildman–Crippen LogP) is 1.24. The van der Waals surface area contributed by atoms with E-state index < -0.39 is 0 Å². The van der Waals surface area contributed by atoms with Gasteiger partial charge in [-0.05, 0) is 24.1 Å². The Morgan fingerprint density at radius 2 is 2.00 bits per heavy atom. The Morgan fingerprint density at radius 1 is 1.22 bits per heavy atom. The lowest BCUT2D eigenvalue weighted by molar-refractivity contribution is -0.130. The minimum Gasteiger partial charge on any atom is -0.497 e. The molecule has 0 saturated heterocycles. The molecule has 0 radical (unpaired) electrons. The summed E-state index contributed by atoms with van der Waals surface area (Å²) in [6.07, 6.45) is 1.03. The van der Waals surface area contributed by atoms with Crippen molar-refractivity contribution in [2.75, 3.05) is 40.5 Å². The molecule has 0 fully saturated rings. The van der Waals surface area contributed by atoms with Gasteiger partial charge in [-0.2, -0.15) is 0 Å². The van der Waals surface area contributed by atoms with Crippen LogP contribution in [0.5, 0.6) is 5.75 Å². The third-order valence-corrected chi connectivity index (χ3v) is 3.49. The fraction of sp³-hybridized carbons (Fsp3) is 0.529. The van der Waals surface area contributed by atoms with E-state index in [0.717, 1.165) is 17.7 Å². The minimum absolute atomic E-state index is 0.0498. The van der Waals surface area contributed by atoms with Crippen molar-refractivity contribution in [1.82, 2.24) is 10.2 Å².